The van der Waals surface area contributed by atoms with Gasteiger partial charge in [-0.3, -0.25) is 0 Å². The molecule has 0 amide bonds. The van der Waals surface area contributed by atoms with Gasteiger partial charge in [-0.2, -0.15) is 5.01 Å². The fraction of sp³-hybridized carbons (Fsp3) is 0.333. The molecule has 0 saturated carbocycles. The molecular formula is C6H9N3. The highest BCUT2D eigenvalue weighted by molar-refractivity contribution is 5.05. The van der Waals surface area contributed by atoms with Crippen LogP contribution < -0.4 is 10.7 Å². The summed E-state index contributed by atoms with van der Waals surface area (Å²) in [6.07, 6.45) is 8.47. The van der Waals surface area contributed by atoms with Crippen LogP contribution in [0, 0.1) is 0 Å². The molecular weight excluding hydrogens is 114 g/mol. The van der Waals surface area contributed by atoms with E-state index in [1.807, 2.05) is 12.4 Å². The monoisotopic (exact) mass is 123 g/mol. The third-order valence-corrected chi connectivity index (χ3v) is 1.54. The van der Waals surface area contributed by atoms with Crippen LogP contribution in [0.1, 0.15) is 0 Å². The Hall–Kier alpha value is -0.960. The lowest BCUT2D eigenvalue weighted by atomic mass is 10.4. The van der Waals surface area contributed by atoms with Crippen molar-refractivity contribution in [2.24, 2.45) is 0 Å². The summed E-state index contributed by atoms with van der Waals surface area (Å²) in [5, 5.41) is 5.29. The van der Waals surface area contributed by atoms with Gasteiger partial charge in [0.2, 0.25) is 0 Å². The van der Waals surface area contributed by atoms with E-state index in [4.69, 9.17) is 0 Å². The highest BCUT2D eigenvalue weighted by Gasteiger charge is 2.18. The first kappa shape index (κ1) is 4.88. The number of rotatable bonds is 0. The predicted molar refractivity (Wildman–Crippen MR) is 35.0 cm³/mol. The van der Waals surface area contributed by atoms with E-state index in [1.165, 1.54) is 0 Å². The summed E-state index contributed by atoms with van der Waals surface area (Å²) in [5.41, 5.74) is 3.10. The first-order valence-corrected chi connectivity index (χ1v) is 3.07. The molecule has 1 unspecified atom stereocenters. The Labute approximate surface area is 54.0 Å². The van der Waals surface area contributed by atoms with Crippen LogP contribution >= 0.6 is 0 Å². The van der Waals surface area contributed by atoms with Gasteiger partial charge in [0, 0.05) is 12.7 Å². The van der Waals surface area contributed by atoms with Gasteiger partial charge in [-0.25, -0.2) is 0 Å². The molecule has 48 valence electrons. The van der Waals surface area contributed by atoms with Gasteiger partial charge in [0.15, 0.2) is 0 Å². The lowest BCUT2D eigenvalue weighted by Crippen LogP contribution is -2.46. The topological polar surface area (TPSA) is 27.3 Å². The molecule has 1 atom stereocenters. The maximum Gasteiger partial charge on any atom is 0.118 e. The molecule has 2 aliphatic rings. The van der Waals surface area contributed by atoms with Crippen molar-refractivity contribution in [1.82, 2.24) is 15.8 Å². The van der Waals surface area contributed by atoms with Crippen LogP contribution in [0.2, 0.25) is 0 Å². The third kappa shape index (κ3) is 0.695. The summed E-state index contributed by atoms with van der Waals surface area (Å²) >= 11 is 0. The zero-order valence-electron chi connectivity index (χ0n) is 5.04. The molecule has 3 nitrogen and oxygen atoms in total. The molecule has 3 heteroatoms. The number of nitrogens with one attached hydrogen (secondary N) is 2. The zero-order chi connectivity index (χ0) is 6.10. The summed E-state index contributed by atoms with van der Waals surface area (Å²) in [4.78, 5) is 0. The van der Waals surface area contributed by atoms with Crippen molar-refractivity contribution < 1.29 is 0 Å². The second-order valence-electron chi connectivity index (χ2n) is 2.15. The van der Waals surface area contributed by atoms with Crippen LogP contribution in [-0.2, 0) is 0 Å². The Kier molecular flexibility index (Phi) is 0.960. The number of hydrogen-bond donors (Lipinski definition) is 2. The van der Waals surface area contributed by atoms with Gasteiger partial charge >= 0.3 is 0 Å². The van der Waals surface area contributed by atoms with E-state index in [-0.39, 0.29) is 0 Å². The summed E-state index contributed by atoms with van der Waals surface area (Å²) in [6, 6.07) is 0. The minimum atomic E-state index is 0.370. The molecule has 0 aromatic carbocycles. The molecule has 0 radical (unpaired) electrons. The third-order valence-electron chi connectivity index (χ3n) is 1.54. The molecule has 0 aromatic heterocycles. The van der Waals surface area contributed by atoms with Crippen LogP contribution in [-0.4, -0.2) is 17.7 Å². The van der Waals surface area contributed by atoms with Crippen molar-refractivity contribution >= 4 is 0 Å². The Bertz CT molecular complexity index is 162. The average molecular weight is 123 g/mol. The van der Waals surface area contributed by atoms with E-state index in [0.717, 1.165) is 6.54 Å². The number of hydrazine groups is 1. The Balaban J connectivity index is 2.13. The van der Waals surface area contributed by atoms with Gasteiger partial charge in [0.1, 0.15) is 6.17 Å². The molecule has 0 fully saturated rings. The first-order chi connectivity index (χ1) is 4.47. The average Bonchev–Trinajstić information content (AvgIpc) is 2.33. The second kappa shape index (κ2) is 1.77. The zero-order valence-corrected chi connectivity index (χ0v) is 5.04. The molecule has 2 N–H and O–H groups in total. The summed E-state index contributed by atoms with van der Waals surface area (Å²) < 4.78 is 0. The highest BCUT2D eigenvalue weighted by Crippen LogP contribution is 2.04. The van der Waals surface area contributed by atoms with E-state index in [2.05, 4.69) is 27.9 Å². The van der Waals surface area contributed by atoms with E-state index < -0.39 is 0 Å². The van der Waals surface area contributed by atoms with Crippen LogP contribution in [0.5, 0.6) is 0 Å². The quantitative estimate of drug-likeness (QED) is 0.465. The minimum absolute atomic E-state index is 0.370. The van der Waals surface area contributed by atoms with Crippen molar-refractivity contribution in [2.75, 3.05) is 6.54 Å². The highest BCUT2D eigenvalue weighted by atomic mass is 15.6. The molecule has 2 rings (SSSR count). The molecule has 0 spiro atoms. The summed E-state index contributed by atoms with van der Waals surface area (Å²) in [6.45, 7) is 0.977. The van der Waals surface area contributed by atoms with Gasteiger partial charge in [-0.15, -0.1) is 0 Å². The molecule has 0 bridgehead atoms. The molecule has 2 heterocycles. The maximum absolute atomic E-state index is 3.18. The van der Waals surface area contributed by atoms with Gasteiger partial charge in [-0.1, -0.05) is 6.08 Å². The largest absolute Gasteiger partial charge is 0.371 e. The van der Waals surface area contributed by atoms with Crippen molar-refractivity contribution in [1.29, 1.82) is 0 Å². The van der Waals surface area contributed by atoms with E-state index >= 15 is 0 Å². The minimum Gasteiger partial charge on any atom is -0.371 e. The van der Waals surface area contributed by atoms with E-state index in [9.17, 15) is 0 Å². The van der Waals surface area contributed by atoms with Crippen LogP contribution in [0.15, 0.2) is 24.6 Å². The van der Waals surface area contributed by atoms with Crippen molar-refractivity contribution in [2.45, 2.75) is 6.17 Å². The molecule has 2 aliphatic heterocycles. The fourth-order valence-electron chi connectivity index (χ4n) is 1.06. The Morgan fingerprint density at radius 3 is 3.33 bits per heavy atom. The normalized spacial score (nSPS) is 31.3. The Morgan fingerprint density at radius 1 is 1.44 bits per heavy atom. The van der Waals surface area contributed by atoms with Crippen molar-refractivity contribution in [3.63, 3.8) is 0 Å². The van der Waals surface area contributed by atoms with Crippen LogP contribution in [0.25, 0.3) is 0 Å². The number of fused-ring (bicyclic) bond motifs is 1. The fourth-order valence-corrected chi connectivity index (χ4v) is 1.06. The number of nitrogens with zero attached hydrogens (tertiary/aromatic N) is 1. The molecule has 0 aromatic rings. The van der Waals surface area contributed by atoms with Crippen LogP contribution in [0.3, 0.4) is 0 Å². The molecule has 0 saturated heterocycles. The predicted octanol–water partition coefficient (Wildman–Crippen LogP) is -0.237. The second-order valence-corrected chi connectivity index (χ2v) is 2.15. The van der Waals surface area contributed by atoms with E-state index in [0.29, 0.717) is 6.17 Å². The first-order valence-electron chi connectivity index (χ1n) is 3.07. The maximum atomic E-state index is 3.18. The SMILES string of the molecule is C1=CNC2C=CNN2C1. The lowest BCUT2D eigenvalue weighted by molar-refractivity contribution is 0.198. The van der Waals surface area contributed by atoms with Crippen molar-refractivity contribution in [3.05, 3.63) is 24.6 Å². The lowest BCUT2D eigenvalue weighted by Gasteiger charge is -2.26. The summed E-state index contributed by atoms with van der Waals surface area (Å²) in [5.74, 6) is 0. The van der Waals surface area contributed by atoms with E-state index in [1.54, 1.807) is 0 Å². The number of hydrogen-bond acceptors (Lipinski definition) is 3. The van der Waals surface area contributed by atoms with Gasteiger partial charge in [-0.05, 0) is 12.3 Å². The Morgan fingerprint density at radius 2 is 2.44 bits per heavy atom. The molecule has 9 heavy (non-hydrogen) atoms. The summed E-state index contributed by atoms with van der Waals surface area (Å²) in [7, 11) is 0. The van der Waals surface area contributed by atoms with Crippen LogP contribution in [0.4, 0.5) is 0 Å². The van der Waals surface area contributed by atoms with Crippen molar-refractivity contribution in [3.8, 4) is 0 Å². The van der Waals surface area contributed by atoms with Gasteiger partial charge in [0.25, 0.3) is 0 Å². The standard InChI is InChI=1S/C6H9N3/c1-3-7-6-2-4-8-9(6)5-1/h1-4,6-8H,5H2. The molecule has 0 aliphatic carbocycles. The van der Waals surface area contributed by atoms with Gasteiger partial charge in [0.05, 0.1) is 0 Å². The van der Waals surface area contributed by atoms with Gasteiger partial charge < -0.3 is 10.7 Å². The smallest absolute Gasteiger partial charge is 0.118 e.